The van der Waals surface area contributed by atoms with Gasteiger partial charge in [0.1, 0.15) is 5.82 Å². The summed E-state index contributed by atoms with van der Waals surface area (Å²) in [6.07, 6.45) is 2.41. The molecule has 112 valence electrons. The molecule has 1 aromatic carbocycles. The Morgan fingerprint density at radius 2 is 2.00 bits per heavy atom. The lowest BCUT2D eigenvalue weighted by Gasteiger charge is -2.39. The average Bonchev–Trinajstić information content (AvgIpc) is 2.43. The predicted molar refractivity (Wildman–Crippen MR) is 82.4 cm³/mol. The van der Waals surface area contributed by atoms with Crippen molar-refractivity contribution in [1.82, 2.24) is 10.2 Å². The van der Waals surface area contributed by atoms with Gasteiger partial charge in [-0.05, 0) is 42.5 Å². The molecule has 0 radical (unpaired) electrons. The molecule has 1 aliphatic rings. The van der Waals surface area contributed by atoms with Gasteiger partial charge in [0.2, 0.25) is 0 Å². The summed E-state index contributed by atoms with van der Waals surface area (Å²) in [5, 5.41) is 3.41. The number of aryl methyl sites for hydroxylation is 1. The quantitative estimate of drug-likeness (QED) is 0.886. The minimum Gasteiger partial charge on any atom is -0.314 e. The van der Waals surface area contributed by atoms with Crippen LogP contribution in [0.15, 0.2) is 18.2 Å². The third kappa shape index (κ3) is 3.58. The molecule has 0 aliphatic carbocycles. The van der Waals surface area contributed by atoms with E-state index in [9.17, 15) is 4.39 Å². The zero-order valence-electron chi connectivity index (χ0n) is 13.0. The van der Waals surface area contributed by atoms with Gasteiger partial charge in [-0.15, -0.1) is 0 Å². The molecular weight excluding hydrogens is 251 g/mol. The predicted octanol–water partition coefficient (Wildman–Crippen LogP) is 3.52. The van der Waals surface area contributed by atoms with Gasteiger partial charge >= 0.3 is 0 Å². The van der Waals surface area contributed by atoms with Crippen molar-refractivity contribution in [3.05, 3.63) is 35.1 Å². The summed E-state index contributed by atoms with van der Waals surface area (Å²) in [6, 6.07) is 5.68. The van der Waals surface area contributed by atoms with E-state index in [1.807, 2.05) is 13.0 Å². The van der Waals surface area contributed by atoms with Crippen LogP contribution in [0.2, 0.25) is 0 Å². The maximum Gasteiger partial charge on any atom is 0.123 e. The molecule has 1 aromatic rings. The SMILES string of the molecule is CCCC(C)[C@H](c1ccc(F)cc1C)N1CCNCC1. The number of halogens is 1. The molecule has 2 rings (SSSR count). The number of rotatable bonds is 5. The van der Waals surface area contributed by atoms with Crippen LogP contribution in [0.1, 0.15) is 43.9 Å². The molecule has 1 fully saturated rings. The summed E-state index contributed by atoms with van der Waals surface area (Å²) >= 11 is 0. The molecule has 0 spiro atoms. The van der Waals surface area contributed by atoms with Gasteiger partial charge in [-0.2, -0.15) is 0 Å². The average molecular weight is 278 g/mol. The fraction of sp³-hybridized carbons (Fsp3) is 0.647. The summed E-state index contributed by atoms with van der Waals surface area (Å²) in [5.74, 6) is 0.468. The van der Waals surface area contributed by atoms with Crippen molar-refractivity contribution in [2.24, 2.45) is 5.92 Å². The van der Waals surface area contributed by atoms with Crippen molar-refractivity contribution >= 4 is 0 Å². The van der Waals surface area contributed by atoms with Crippen molar-refractivity contribution in [3.8, 4) is 0 Å². The van der Waals surface area contributed by atoms with Crippen molar-refractivity contribution in [1.29, 1.82) is 0 Å². The normalized spacial score (nSPS) is 19.8. The highest BCUT2D eigenvalue weighted by atomic mass is 19.1. The first kappa shape index (κ1) is 15.5. The lowest BCUT2D eigenvalue weighted by molar-refractivity contribution is 0.125. The van der Waals surface area contributed by atoms with Gasteiger partial charge in [-0.3, -0.25) is 4.90 Å². The van der Waals surface area contributed by atoms with Crippen LogP contribution in [0.25, 0.3) is 0 Å². The van der Waals surface area contributed by atoms with Crippen molar-refractivity contribution in [2.45, 2.75) is 39.7 Å². The van der Waals surface area contributed by atoms with Crippen molar-refractivity contribution in [3.63, 3.8) is 0 Å². The molecule has 0 saturated carbocycles. The second-order valence-electron chi connectivity index (χ2n) is 6.00. The molecule has 1 N–H and O–H groups in total. The molecule has 3 heteroatoms. The Kier molecular flexibility index (Phi) is 5.55. The Labute approximate surface area is 122 Å². The first-order valence-corrected chi connectivity index (χ1v) is 7.84. The largest absolute Gasteiger partial charge is 0.314 e. The van der Waals surface area contributed by atoms with E-state index in [2.05, 4.69) is 24.1 Å². The second-order valence-corrected chi connectivity index (χ2v) is 6.00. The molecule has 1 saturated heterocycles. The van der Waals surface area contributed by atoms with E-state index in [1.54, 1.807) is 12.1 Å². The Balaban J connectivity index is 2.28. The monoisotopic (exact) mass is 278 g/mol. The summed E-state index contributed by atoms with van der Waals surface area (Å²) in [4.78, 5) is 2.57. The minimum atomic E-state index is -0.131. The number of piperazine rings is 1. The van der Waals surface area contributed by atoms with Gasteiger partial charge in [0.05, 0.1) is 0 Å². The standard InChI is InChI=1S/C17H27FN2/c1-4-5-13(2)17(20-10-8-19-9-11-20)16-7-6-15(18)12-14(16)3/h6-7,12-13,17,19H,4-5,8-11H2,1-3H3/t13?,17-/m1/s1. The van der Waals surface area contributed by atoms with Crippen LogP contribution in [0.3, 0.4) is 0 Å². The molecule has 1 aliphatic heterocycles. The van der Waals surface area contributed by atoms with Gasteiger partial charge in [0.15, 0.2) is 0 Å². The fourth-order valence-electron chi connectivity index (χ4n) is 3.41. The topological polar surface area (TPSA) is 15.3 Å². The Bertz CT molecular complexity index is 427. The zero-order chi connectivity index (χ0) is 14.5. The van der Waals surface area contributed by atoms with E-state index in [1.165, 1.54) is 18.4 Å². The van der Waals surface area contributed by atoms with E-state index < -0.39 is 0 Å². The molecule has 2 nitrogen and oxygen atoms in total. The van der Waals surface area contributed by atoms with Gasteiger partial charge in [0, 0.05) is 32.2 Å². The minimum absolute atomic E-state index is 0.131. The highest BCUT2D eigenvalue weighted by Crippen LogP contribution is 2.33. The van der Waals surface area contributed by atoms with Crippen molar-refractivity contribution in [2.75, 3.05) is 26.2 Å². The van der Waals surface area contributed by atoms with Gasteiger partial charge in [-0.1, -0.05) is 26.3 Å². The van der Waals surface area contributed by atoms with Crippen LogP contribution in [-0.4, -0.2) is 31.1 Å². The van der Waals surface area contributed by atoms with Crippen LogP contribution < -0.4 is 5.32 Å². The van der Waals surface area contributed by atoms with Gasteiger partial charge in [0.25, 0.3) is 0 Å². The molecular formula is C17H27FN2. The van der Waals surface area contributed by atoms with Crippen LogP contribution in [0.5, 0.6) is 0 Å². The Morgan fingerprint density at radius 3 is 2.60 bits per heavy atom. The molecule has 1 unspecified atom stereocenters. The fourth-order valence-corrected chi connectivity index (χ4v) is 3.41. The van der Waals surface area contributed by atoms with Crippen LogP contribution >= 0.6 is 0 Å². The van der Waals surface area contributed by atoms with E-state index in [4.69, 9.17) is 0 Å². The molecule has 0 amide bonds. The molecule has 0 bridgehead atoms. The van der Waals surface area contributed by atoms with E-state index >= 15 is 0 Å². The third-order valence-electron chi connectivity index (χ3n) is 4.38. The Morgan fingerprint density at radius 1 is 1.30 bits per heavy atom. The van der Waals surface area contributed by atoms with Crippen LogP contribution in [0, 0.1) is 18.7 Å². The highest BCUT2D eigenvalue weighted by molar-refractivity contribution is 5.30. The van der Waals surface area contributed by atoms with E-state index in [0.717, 1.165) is 31.7 Å². The highest BCUT2D eigenvalue weighted by Gasteiger charge is 2.27. The maximum absolute atomic E-state index is 13.4. The van der Waals surface area contributed by atoms with E-state index in [-0.39, 0.29) is 5.82 Å². The third-order valence-corrected chi connectivity index (χ3v) is 4.38. The van der Waals surface area contributed by atoms with Gasteiger partial charge in [-0.25, -0.2) is 4.39 Å². The maximum atomic E-state index is 13.4. The summed E-state index contributed by atoms with van der Waals surface area (Å²) < 4.78 is 13.4. The number of benzene rings is 1. The number of hydrogen-bond acceptors (Lipinski definition) is 2. The molecule has 1 heterocycles. The molecule has 0 aromatic heterocycles. The van der Waals surface area contributed by atoms with Crippen LogP contribution in [-0.2, 0) is 0 Å². The lowest BCUT2D eigenvalue weighted by Crippen LogP contribution is -2.46. The number of nitrogens with one attached hydrogen (secondary N) is 1. The second kappa shape index (κ2) is 7.19. The number of nitrogens with zero attached hydrogens (tertiary/aromatic N) is 1. The lowest BCUT2D eigenvalue weighted by atomic mass is 9.87. The first-order valence-electron chi connectivity index (χ1n) is 7.84. The van der Waals surface area contributed by atoms with Crippen molar-refractivity contribution < 1.29 is 4.39 Å². The first-order chi connectivity index (χ1) is 9.63. The zero-order valence-corrected chi connectivity index (χ0v) is 13.0. The Hall–Kier alpha value is -0.930. The smallest absolute Gasteiger partial charge is 0.123 e. The van der Waals surface area contributed by atoms with Gasteiger partial charge < -0.3 is 5.32 Å². The summed E-state index contributed by atoms with van der Waals surface area (Å²) in [6.45, 7) is 10.9. The van der Waals surface area contributed by atoms with Crippen LogP contribution in [0.4, 0.5) is 4.39 Å². The summed E-state index contributed by atoms with van der Waals surface area (Å²) in [7, 11) is 0. The molecule has 2 atom stereocenters. The molecule has 20 heavy (non-hydrogen) atoms. The summed E-state index contributed by atoms with van der Waals surface area (Å²) in [5.41, 5.74) is 2.38. The number of hydrogen-bond donors (Lipinski definition) is 1. The van der Waals surface area contributed by atoms with E-state index in [0.29, 0.717) is 12.0 Å².